The Bertz CT molecular complexity index is 829. The second-order valence-electron chi connectivity index (χ2n) is 5.08. The Morgan fingerprint density at radius 2 is 1.76 bits per heavy atom. The first-order chi connectivity index (χ1) is 11.7. The maximum Gasteiger partial charge on any atom is 0.387 e. The molecule has 0 amide bonds. The first kappa shape index (κ1) is 19.6. The van der Waals surface area contributed by atoms with Crippen molar-refractivity contribution in [2.75, 3.05) is 14.2 Å². The molecule has 0 aliphatic carbocycles. The summed E-state index contributed by atoms with van der Waals surface area (Å²) in [6, 6.07) is 10.6. The van der Waals surface area contributed by atoms with Gasteiger partial charge in [-0.25, -0.2) is 8.42 Å². The average molecular weight is 436 g/mol. The van der Waals surface area contributed by atoms with Crippen LogP contribution in [0.15, 0.2) is 51.8 Å². The summed E-state index contributed by atoms with van der Waals surface area (Å²) in [5, 5.41) is 0. The predicted octanol–water partition coefficient (Wildman–Crippen LogP) is 3.88. The molecule has 0 atom stereocenters. The second-order valence-corrected chi connectivity index (χ2v) is 8.04. The molecule has 2 aromatic carbocycles. The fourth-order valence-corrected chi connectivity index (χ4v) is 3.56. The van der Waals surface area contributed by atoms with Crippen molar-refractivity contribution in [2.24, 2.45) is 0 Å². The molecular formula is C16H16BrF2NO4S. The average Bonchev–Trinajstić information content (AvgIpc) is 2.55. The lowest BCUT2D eigenvalue weighted by atomic mass is 10.2. The molecular weight excluding hydrogens is 420 g/mol. The van der Waals surface area contributed by atoms with E-state index in [1.807, 2.05) is 0 Å². The highest BCUT2D eigenvalue weighted by atomic mass is 79.9. The van der Waals surface area contributed by atoms with Crippen LogP contribution in [0, 0.1) is 0 Å². The lowest BCUT2D eigenvalue weighted by molar-refractivity contribution is -0.0512. The van der Waals surface area contributed by atoms with Crippen LogP contribution >= 0.6 is 15.9 Å². The molecule has 0 heterocycles. The van der Waals surface area contributed by atoms with E-state index in [0.29, 0.717) is 5.56 Å². The molecule has 136 valence electrons. The molecule has 2 aromatic rings. The Kier molecular flexibility index (Phi) is 6.36. The van der Waals surface area contributed by atoms with Crippen molar-refractivity contribution < 1.29 is 26.7 Å². The summed E-state index contributed by atoms with van der Waals surface area (Å²) in [5.41, 5.74) is 0.486. The molecule has 0 aliphatic heterocycles. The van der Waals surface area contributed by atoms with E-state index in [4.69, 9.17) is 4.74 Å². The predicted molar refractivity (Wildman–Crippen MR) is 92.4 cm³/mol. The number of rotatable bonds is 7. The minimum absolute atomic E-state index is 0.0119. The number of sulfonamides is 1. The van der Waals surface area contributed by atoms with E-state index in [-0.39, 0.29) is 22.9 Å². The van der Waals surface area contributed by atoms with Crippen LogP contribution < -0.4 is 9.47 Å². The number of ether oxygens (including phenoxy) is 2. The summed E-state index contributed by atoms with van der Waals surface area (Å²) in [6.45, 7) is -3.02. The van der Waals surface area contributed by atoms with Crippen molar-refractivity contribution in [1.29, 1.82) is 0 Å². The molecule has 25 heavy (non-hydrogen) atoms. The van der Waals surface area contributed by atoms with E-state index >= 15 is 0 Å². The van der Waals surface area contributed by atoms with Gasteiger partial charge < -0.3 is 9.47 Å². The Morgan fingerprint density at radius 3 is 2.32 bits per heavy atom. The molecule has 0 aromatic heterocycles. The number of hydrogen-bond donors (Lipinski definition) is 0. The SMILES string of the molecule is COc1ccc(CN(C)S(=O)(=O)c2ccc(Br)cc2)cc1OC(F)F. The Morgan fingerprint density at radius 1 is 1.12 bits per heavy atom. The maximum absolute atomic E-state index is 12.6. The van der Waals surface area contributed by atoms with Gasteiger partial charge in [-0.15, -0.1) is 0 Å². The number of nitrogens with zero attached hydrogens (tertiary/aromatic N) is 1. The van der Waals surface area contributed by atoms with Crippen LogP contribution in [0.2, 0.25) is 0 Å². The Hall–Kier alpha value is -1.71. The highest BCUT2D eigenvalue weighted by molar-refractivity contribution is 9.10. The van der Waals surface area contributed by atoms with Gasteiger partial charge in [0.25, 0.3) is 0 Å². The summed E-state index contributed by atoms with van der Waals surface area (Å²) >= 11 is 3.25. The molecule has 9 heteroatoms. The molecule has 0 N–H and O–H groups in total. The Balaban J connectivity index is 2.24. The van der Waals surface area contributed by atoms with Crippen molar-refractivity contribution in [3.05, 3.63) is 52.5 Å². The van der Waals surface area contributed by atoms with Gasteiger partial charge in [0.1, 0.15) is 0 Å². The molecule has 5 nitrogen and oxygen atoms in total. The zero-order chi connectivity index (χ0) is 18.6. The van der Waals surface area contributed by atoms with Crippen molar-refractivity contribution in [1.82, 2.24) is 4.31 Å². The normalized spacial score (nSPS) is 11.8. The van der Waals surface area contributed by atoms with Crippen LogP contribution in [0.1, 0.15) is 5.56 Å². The van der Waals surface area contributed by atoms with Crippen molar-refractivity contribution in [2.45, 2.75) is 18.1 Å². The summed E-state index contributed by atoms with van der Waals surface area (Å²) in [6.07, 6.45) is 0. The van der Waals surface area contributed by atoms with Crippen LogP contribution in [0.25, 0.3) is 0 Å². The molecule has 0 radical (unpaired) electrons. The van der Waals surface area contributed by atoms with Gasteiger partial charge in [0, 0.05) is 18.1 Å². The third-order valence-electron chi connectivity index (χ3n) is 3.37. The molecule has 0 bridgehead atoms. The number of alkyl halides is 2. The number of halogens is 3. The first-order valence-corrected chi connectivity index (χ1v) is 9.31. The maximum atomic E-state index is 12.6. The quantitative estimate of drug-likeness (QED) is 0.661. The van der Waals surface area contributed by atoms with Crippen LogP contribution in [0.4, 0.5) is 8.78 Å². The highest BCUT2D eigenvalue weighted by Gasteiger charge is 2.21. The van der Waals surface area contributed by atoms with Gasteiger partial charge >= 0.3 is 6.61 Å². The number of methoxy groups -OCH3 is 1. The van der Waals surface area contributed by atoms with Gasteiger partial charge in [-0.05, 0) is 42.0 Å². The van der Waals surface area contributed by atoms with Crippen molar-refractivity contribution in [3.8, 4) is 11.5 Å². The van der Waals surface area contributed by atoms with Gasteiger partial charge in [0.05, 0.1) is 12.0 Å². The molecule has 2 rings (SSSR count). The fraction of sp³-hybridized carbons (Fsp3) is 0.250. The van der Waals surface area contributed by atoms with Crippen molar-refractivity contribution in [3.63, 3.8) is 0 Å². The van der Waals surface area contributed by atoms with Crippen LogP contribution in [0.3, 0.4) is 0 Å². The van der Waals surface area contributed by atoms with Gasteiger partial charge in [-0.1, -0.05) is 22.0 Å². The van der Waals surface area contributed by atoms with Crippen LogP contribution in [-0.4, -0.2) is 33.5 Å². The van der Waals surface area contributed by atoms with Gasteiger partial charge in [-0.3, -0.25) is 0 Å². The number of hydrogen-bond acceptors (Lipinski definition) is 4. The Labute approximate surface area is 153 Å². The minimum atomic E-state index is -3.71. The van der Waals surface area contributed by atoms with Gasteiger partial charge in [0.15, 0.2) is 11.5 Å². The topological polar surface area (TPSA) is 55.8 Å². The lowest BCUT2D eigenvalue weighted by Crippen LogP contribution is -2.26. The zero-order valence-corrected chi connectivity index (χ0v) is 15.9. The van der Waals surface area contributed by atoms with Crippen molar-refractivity contribution >= 4 is 26.0 Å². The fourth-order valence-electron chi connectivity index (χ4n) is 2.14. The van der Waals surface area contributed by atoms with Gasteiger partial charge in [-0.2, -0.15) is 13.1 Å². The monoisotopic (exact) mass is 435 g/mol. The molecule has 0 saturated heterocycles. The second kappa shape index (κ2) is 8.11. The first-order valence-electron chi connectivity index (χ1n) is 7.07. The van der Waals surface area contributed by atoms with Crippen LogP contribution in [-0.2, 0) is 16.6 Å². The molecule has 0 spiro atoms. The zero-order valence-electron chi connectivity index (χ0n) is 13.4. The summed E-state index contributed by atoms with van der Waals surface area (Å²) in [5.74, 6) is -0.00749. The van der Waals surface area contributed by atoms with E-state index in [0.717, 1.165) is 8.78 Å². The smallest absolute Gasteiger partial charge is 0.387 e. The van der Waals surface area contributed by atoms with Crippen LogP contribution in [0.5, 0.6) is 11.5 Å². The molecule has 0 unspecified atom stereocenters. The summed E-state index contributed by atoms with van der Waals surface area (Å²) in [7, 11) is -0.970. The van der Waals surface area contributed by atoms with E-state index < -0.39 is 16.6 Å². The van der Waals surface area contributed by atoms with E-state index in [1.54, 1.807) is 18.2 Å². The van der Waals surface area contributed by atoms with E-state index in [2.05, 4.69) is 20.7 Å². The van der Waals surface area contributed by atoms with E-state index in [9.17, 15) is 17.2 Å². The number of benzene rings is 2. The largest absolute Gasteiger partial charge is 0.493 e. The molecule has 0 saturated carbocycles. The summed E-state index contributed by atoms with van der Waals surface area (Å²) in [4.78, 5) is 0.135. The lowest BCUT2D eigenvalue weighted by Gasteiger charge is -2.18. The highest BCUT2D eigenvalue weighted by Crippen LogP contribution is 2.30. The molecule has 0 fully saturated rings. The van der Waals surface area contributed by atoms with Gasteiger partial charge in [0.2, 0.25) is 10.0 Å². The molecule has 0 aliphatic rings. The third kappa shape index (κ3) is 4.90. The summed E-state index contributed by atoms with van der Waals surface area (Å²) < 4.78 is 61.4. The van der Waals surface area contributed by atoms with E-state index in [1.165, 1.54) is 38.4 Å². The minimum Gasteiger partial charge on any atom is -0.493 e. The third-order valence-corrected chi connectivity index (χ3v) is 5.72. The standard InChI is InChI=1S/C16H16BrF2NO4S/c1-20(25(21,22)13-6-4-12(17)5-7-13)10-11-3-8-14(23-2)15(9-11)24-16(18)19/h3-9,16H,10H2,1-2H3.